The Morgan fingerprint density at radius 1 is 1.56 bits per heavy atom. The molecule has 18 heavy (non-hydrogen) atoms. The van der Waals surface area contributed by atoms with Crippen LogP contribution in [0.15, 0.2) is 21.4 Å². The van der Waals surface area contributed by atoms with Gasteiger partial charge in [-0.3, -0.25) is 9.59 Å². The average Bonchev–Trinajstić information content (AvgIpc) is 2.95. The summed E-state index contributed by atoms with van der Waals surface area (Å²) in [5, 5.41) is 2.84. The van der Waals surface area contributed by atoms with E-state index >= 15 is 0 Å². The summed E-state index contributed by atoms with van der Waals surface area (Å²) in [6.07, 6.45) is 3.22. The number of amides is 2. The zero-order valence-electron chi connectivity index (χ0n) is 9.69. The Morgan fingerprint density at radius 2 is 2.39 bits per heavy atom. The summed E-state index contributed by atoms with van der Waals surface area (Å²) in [6, 6.07) is 1.64. The molecule has 2 amide bonds. The van der Waals surface area contributed by atoms with E-state index in [-0.39, 0.29) is 23.8 Å². The molecule has 3 heterocycles. The lowest BCUT2D eigenvalue weighted by Gasteiger charge is -2.35. The number of fused-ring (bicyclic) bond motifs is 1. The number of furan rings is 1. The number of halogens is 1. The summed E-state index contributed by atoms with van der Waals surface area (Å²) in [6.45, 7) is 1.26. The van der Waals surface area contributed by atoms with Gasteiger partial charge in [-0.25, -0.2) is 0 Å². The van der Waals surface area contributed by atoms with Crippen LogP contribution in [0.3, 0.4) is 0 Å². The molecule has 1 aromatic heterocycles. The Balaban J connectivity index is 1.86. The van der Waals surface area contributed by atoms with E-state index in [1.54, 1.807) is 11.0 Å². The van der Waals surface area contributed by atoms with E-state index in [0.717, 1.165) is 12.8 Å². The van der Waals surface area contributed by atoms with Crippen molar-refractivity contribution in [3.63, 3.8) is 0 Å². The second kappa shape index (κ2) is 4.42. The maximum absolute atomic E-state index is 12.4. The summed E-state index contributed by atoms with van der Waals surface area (Å²) >= 11 is 3.22. The van der Waals surface area contributed by atoms with Gasteiger partial charge in [-0.2, -0.15) is 0 Å². The van der Waals surface area contributed by atoms with Gasteiger partial charge in [-0.15, -0.1) is 0 Å². The molecular formula is C12H13BrN2O3. The number of hydrogen-bond acceptors (Lipinski definition) is 3. The Labute approximate surface area is 113 Å². The summed E-state index contributed by atoms with van der Waals surface area (Å²) in [7, 11) is 0. The first-order valence-corrected chi connectivity index (χ1v) is 6.79. The van der Waals surface area contributed by atoms with Crippen LogP contribution < -0.4 is 5.32 Å². The highest BCUT2D eigenvalue weighted by molar-refractivity contribution is 9.10. The van der Waals surface area contributed by atoms with E-state index in [1.165, 1.54) is 6.26 Å². The summed E-state index contributed by atoms with van der Waals surface area (Å²) in [4.78, 5) is 25.9. The lowest BCUT2D eigenvalue weighted by atomic mass is 9.91. The van der Waals surface area contributed by atoms with Crippen LogP contribution in [0.2, 0.25) is 0 Å². The second-order valence-electron chi connectivity index (χ2n) is 4.67. The SMILES string of the molecule is O=C1NCC2C1CCCN2C(=O)c1ccoc1Br. The summed E-state index contributed by atoms with van der Waals surface area (Å²) in [5.74, 6) is -0.0426. The van der Waals surface area contributed by atoms with Gasteiger partial charge >= 0.3 is 0 Å². The molecule has 1 aromatic rings. The van der Waals surface area contributed by atoms with Crippen LogP contribution in [0.25, 0.3) is 0 Å². The minimum Gasteiger partial charge on any atom is -0.457 e. The van der Waals surface area contributed by atoms with Crippen molar-refractivity contribution in [2.24, 2.45) is 5.92 Å². The fourth-order valence-electron chi connectivity index (χ4n) is 2.80. The van der Waals surface area contributed by atoms with Crippen molar-refractivity contribution in [3.8, 4) is 0 Å². The topological polar surface area (TPSA) is 62.6 Å². The Kier molecular flexibility index (Phi) is 2.89. The van der Waals surface area contributed by atoms with E-state index in [2.05, 4.69) is 21.2 Å². The lowest BCUT2D eigenvalue weighted by molar-refractivity contribution is -0.123. The Morgan fingerprint density at radius 3 is 3.11 bits per heavy atom. The largest absolute Gasteiger partial charge is 0.457 e. The molecule has 0 radical (unpaired) electrons. The van der Waals surface area contributed by atoms with Crippen LogP contribution in [-0.2, 0) is 4.79 Å². The van der Waals surface area contributed by atoms with E-state index in [4.69, 9.17) is 4.42 Å². The van der Waals surface area contributed by atoms with Gasteiger partial charge in [0.15, 0.2) is 4.67 Å². The molecule has 6 heteroatoms. The monoisotopic (exact) mass is 312 g/mol. The van der Waals surface area contributed by atoms with Gasteiger partial charge in [0.1, 0.15) is 0 Å². The predicted octanol–water partition coefficient (Wildman–Crippen LogP) is 1.39. The van der Waals surface area contributed by atoms with Gasteiger partial charge in [0.25, 0.3) is 5.91 Å². The molecule has 2 fully saturated rings. The molecule has 2 aliphatic heterocycles. The van der Waals surface area contributed by atoms with Crippen LogP contribution in [-0.4, -0.2) is 35.8 Å². The molecule has 0 bridgehead atoms. The minimum atomic E-state index is -0.0678. The van der Waals surface area contributed by atoms with Crippen molar-refractivity contribution in [2.45, 2.75) is 18.9 Å². The molecule has 0 saturated carbocycles. The standard InChI is InChI=1S/C12H13BrN2O3/c13-10-8(3-5-18-10)12(17)15-4-1-2-7-9(15)6-14-11(7)16/h3,5,7,9H,1-2,4,6H2,(H,14,16). The van der Waals surface area contributed by atoms with E-state index in [9.17, 15) is 9.59 Å². The number of carbonyl (C=O) groups excluding carboxylic acids is 2. The molecule has 5 nitrogen and oxygen atoms in total. The maximum atomic E-state index is 12.4. The molecule has 0 spiro atoms. The fourth-order valence-corrected chi connectivity index (χ4v) is 3.21. The highest BCUT2D eigenvalue weighted by Crippen LogP contribution is 2.30. The molecule has 0 aromatic carbocycles. The van der Waals surface area contributed by atoms with E-state index in [0.29, 0.717) is 23.3 Å². The third-order valence-electron chi connectivity index (χ3n) is 3.71. The van der Waals surface area contributed by atoms with Crippen molar-refractivity contribution in [1.82, 2.24) is 10.2 Å². The van der Waals surface area contributed by atoms with Crippen molar-refractivity contribution < 1.29 is 14.0 Å². The lowest BCUT2D eigenvalue weighted by Crippen LogP contribution is -2.48. The van der Waals surface area contributed by atoms with Crippen molar-refractivity contribution in [3.05, 3.63) is 22.6 Å². The molecule has 2 unspecified atom stereocenters. The van der Waals surface area contributed by atoms with Crippen LogP contribution in [0.4, 0.5) is 0 Å². The number of nitrogens with zero attached hydrogens (tertiary/aromatic N) is 1. The summed E-state index contributed by atoms with van der Waals surface area (Å²) < 4.78 is 5.55. The maximum Gasteiger partial charge on any atom is 0.258 e. The van der Waals surface area contributed by atoms with Crippen LogP contribution in [0, 0.1) is 5.92 Å². The number of hydrogen-bond donors (Lipinski definition) is 1. The zero-order valence-corrected chi connectivity index (χ0v) is 11.3. The Bertz CT molecular complexity index is 499. The molecule has 2 atom stereocenters. The van der Waals surface area contributed by atoms with Gasteiger partial charge in [0.2, 0.25) is 5.91 Å². The number of piperidine rings is 1. The first-order valence-electron chi connectivity index (χ1n) is 6.00. The van der Waals surface area contributed by atoms with E-state index in [1.807, 2.05) is 0 Å². The van der Waals surface area contributed by atoms with Crippen LogP contribution >= 0.6 is 15.9 Å². The zero-order chi connectivity index (χ0) is 12.7. The third-order valence-corrected chi connectivity index (χ3v) is 4.32. The van der Waals surface area contributed by atoms with Gasteiger partial charge in [0, 0.05) is 13.1 Å². The Hall–Kier alpha value is -1.30. The first kappa shape index (κ1) is 11.8. The van der Waals surface area contributed by atoms with E-state index < -0.39 is 0 Å². The fraction of sp³-hybridized carbons (Fsp3) is 0.500. The van der Waals surface area contributed by atoms with Crippen molar-refractivity contribution in [1.29, 1.82) is 0 Å². The molecule has 1 N–H and O–H groups in total. The smallest absolute Gasteiger partial charge is 0.258 e. The highest BCUT2D eigenvalue weighted by atomic mass is 79.9. The van der Waals surface area contributed by atoms with Crippen LogP contribution in [0.1, 0.15) is 23.2 Å². The number of carbonyl (C=O) groups is 2. The quantitative estimate of drug-likeness (QED) is 0.852. The van der Waals surface area contributed by atoms with Crippen molar-refractivity contribution >= 4 is 27.7 Å². The van der Waals surface area contributed by atoms with Gasteiger partial charge < -0.3 is 14.6 Å². The molecule has 2 saturated heterocycles. The first-order chi connectivity index (χ1) is 8.68. The molecule has 2 aliphatic rings. The number of rotatable bonds is 1. The van der Waals surface area contributed by atoms with Crippen molar-refractivity contribution in [2.75, 3.05) is 13.1 Å². The average molecular weight is 313 g/mol. The normalized spacial score (nSPS) is 26.9. The highest BCUT2D eigenvalue weighted by Gasteiger charge is 2.43. The van der Waals surface area contributed by atoms with Crippen LogP contribution in [0.5, 0.6) is 0 Å². The second-order valence-corrected chi connectivity index (χ2v) is 5.39. The van der Waals surface area contributed by atoms with Gasteiger partial charge in [-0.05, 0) is 34.8 Å². The molecule has 0 aliphatic carbocycles. The number of likely N-dealkylation sites (tertiary alicyclic amines) is 1. The predicted molar refractivity (Wildman–Crippen MR) is 67.0 cm³/mol. The molecule has 96 valence electrons. The molecular weight excluding hydrogens is 300 g/mol. The van der Waals surface area contributed by atoms with Gasteiger partial charge in [-0.1, -0.05) is 0 Å². The minimum absolute atomic E-state index is 0.0134. The summed E-state index contributed by atoms with van der Waals surface area (Å²) in [5.41, 5.74) is 0.523. The van der Waals surface area contributed by atoms with Gasteiger partial charge in [0.05, 0.1) is 23.8 Å². The number of nitrogens with one attached hydrogen (secondary N) is 1. The third kappa shape index (κ3) is 1.75. The molecule has 3 rings (SSSR count).